The van der Waals surface area contributed by atoms with Crippen LogP contribution in [0.25, 0.3) is 27.7 Å². The molecule has 1 fully saturated rings. The van der Waals surface area contributed by atoms with Gasteiger partial charge < -0.3 is 19.3 Å². The van der Waals surface area contributed by atoms with Gasteiger partial charge in [-0.15, -0.1) is 11.6 Å². The number of methoxy groups -OCH3 is 1. The average Bonchev–Trinajstić information content (AvgIpc) is 3.04. The van der Waals surface area contributed by atoms with Crippen LogP contribution in [0.4, 0.5) is 29.3 Å². The predicted octanol–water partition coefficient (Wildman–Crippen LogP) is 7.87. The molecule has 2 aromatic heterocycles. The zero-order chi connectivity index (χ0) is 37.7. The summed E-state index contributed by atoms with van der Waals surface area (Å²) in [6.07, 6.45) is 0.847. The van der Waals surface area contributed by atoms with Crippen LogP contribution in [-0.4, -0.2) is 69.2 Å². The van der Waals surface area contributed by atoms with Crippen LogP contribution in [0.1, 0.15) is 58.7 Å². The summed E-state index contributed by atoms with van der Waals surface area (Å²) >= 11 is 6.44. The van der Waals surface area contributed by atoms with E-state index in [1.54, 1.807) is 54.5 Å². The molecule has 272 valence electrons. The lowest BCUT2D eigenvalue weighted by Crippen LogP contribution is -2.60. The van der Waals surface area contributed by atoms with Gasteiger partial charge in [-0.25, -0.2) is 18.0 Å². The number of rotatable bonds is 7. The molecule has 11 nitrogen and oxygen atoms in total. The van der Waals surface area contributed by atoms with E-state index >= 15 is 13.2 Å². The second-order valence-corrected chi connectivity index (χ2v) is 14.1. The number of aromatic nitrogens is 2. The number of nitrogens with zero attached hydrogens (tertiary/aromatic N) is 5. The van der Waals surface area contributed by atoms with Gasteiger partial charge in [-0.05, 0) is 70.4 Å². The molecule has 1 amide bonds. The molecule has 0 radical (unpaired) electrons. The number of aryl methyl sites for hydroxylation is 1. The third kappa shape index (κ3) is 6.68. The van der Waals surface area contributed by atoms with Crippen molar-refractivity contribution in [1.29, 1.82) is 0 Å². The van der Waals surface area contributed by atoms with Crippen LogP contribution in [0.15, 0.2) is 41.3 Å². The van der Waals surface area contributed by atoms with E-state index in [1.165, 1.54) is 35.2 Å². The summed E-state index contributed by atoms with van der Waals surface area (Å²) in [5.74, 6) is -4.35. The Bertz CT molecular complexity index is 2100. The highest BCUT2D eigenvalue weighted by atomic mass is 35.5. The highest BCUT2D eigenvalue weighted by Gasteiger charge is 2.42. The number of carbonyl (C=O) groups is 1. The molecule has 0 spiro atoms. The number of alkyl halides is 1. The van der Waals surface area contributed by atoms with Crippen molar-refractivity contribution in [3.8, 4) is 22.6 Å². The van der Waals surface area contributed by atoms with Crippen LogP contribution in [0, 0.1) is 34.5 Å². The molecule has 1 saturated heterocycles. The number of halogens is 4. The van der Waals surface area contributed by atoms with Crippen molar-refractivity contribution in [3.05, 3.63) is 85.7 Å². The number of piperazine rings is 1. The lowest BCUT2D eigenvalue weighted by molar-refractivity contribution is -0.385. The van der Waals surface area contributed by atoms with Crippen molar-refractivity contribution in [2.45, 2.75) is 72.1 Å². The largest absolute Gasteiger partial charge is 0.496 e. The number of amides is 1. The van der Waals surface area contributed by atoms with Gasteiger partial charge in [0, 0.05) is 36.6 Å². The van der Waals surface area contributed by atoms with E-state index in [4.69, 9.17) is 21.1 Å². The molecule has 1 aliphatic rings. The molecule has 0 bridgehead atoms. The molecular weight excluding hydrogens is 691 g/mol. The molecule has 15 heteroatoms. The average molecular weight is 730 g/mol. The molecule has 0 unspecified atom stereocenters. The fourth-order valence-electron chi connectivity index (χ4n) is 6.56. The quantitative estimate of drug-likeness (QED) is 0.107. The summed E-state index contributed by atoms with van der Waals surface area (Å²) in [5.41, 5.74) is -4.54. The molecule has 0 aliphatic carbocycles. The van der Waals surface area contributed by atoms with Crippen LogP contribution in [-0.2, 0) is 4.74 Å². The summed E-state index contributed by atoms with van der Waals surface area (Å²) in [4.78, 5) is 47.2. The fraction of sp³-hybridized carbons (Fsp3) is 0.417. The van der Waals surface area contributed by atoms with E-state index in [2.05, 4.69) is 4.98 Å². The Hall–Kier alpha value is -4.85. The number of carbonyl (C=O) groups excluding carboxylic acids is 1. The van der Waals surface area contributed by atoms with Gasteiger partial charge in [-0.1, -0.05) is 19.9 Å². The summed E-state index contributed by atoms with van der Waals surface area (Å²) in [6, 6.07) is 4.54. The maximum Gasteiger partial charge on any atom is 0.410 e. The predicted molar refractivity (Wildman–Crippen MR) is 189 cm³/mol. The van der Waals surface area contributed by atoms with Gasteiger partial charge in [0.15, 0.2) is 5.82 Å². The van der Waals surface area contributed by atoms with Gasteiger partial charge >= 0.3 is 17.3 Å². The Morgan fingerprint density at radius 2 is 1.80 bits per heavy atom. The van der Waals surface area contributed by atoms with E-state index in [0.29, 0.717) is 11.3 Å². The molecule has 0 saturated carbocycles. The van der Waals surface area contributed by atoms with E-state index < -0.39 is 79.7 Å². The standard InChI is InChI=1S/C36H39ClF3N5O6/c1-18(2)29-30(19(3)12-13-41-29)44-31-22(14-24(39)27(28(31)40)26-23(38)10-9-11-25(26)50-8)32(33(34(44)46)45(48)49)43-16-20(4)42(17-21(43)15-37)35(47)51-36(5,6)7/h9-14,18,20-21H,15-17H2,1-8H3/t20-,21+/m1/s1. The van der Waals surface area contributed by atoms with E-state index in [0.717, 1.165) is 16.7 Å². The molecule has 3 heterocycles. The van der Waals surface area contributed by atoms with Crippen molar-refractivity contribution in [1.82, 2.24) is 14.5 Å². The van der Waals surface area contributed by atoms with Crippen LogP contribution >= 0.6 is 11.6 Å². The summed E-state index contributed by atoms with van der Waals surface area (Å²) < 4.78 is 61.1. The van der Waals surface area contributed by atoms with Crippen molar-refractivity contribution in [2.24, 2.45) is 0 Å². The first-order valence-corrected chi connectivity index (χ1v) is 16.8. The Morgan fingerprint density at radius 3 is 2.39 bits per heavy atom. The summed E-state index contributed by atoms with van der Waals surface area (Å²) in [5, 5.41) is 12.6. The number of hydrogen-bond donors (Lipinski definition) is 0. The molecular formula is C36H39ClF3N5O6. The number of nitro groups is 1. The van der Waals surface area contributed by atoms with Crippen molar-refractivity contribution in [2.75, 3.05) is 31.0 Å². The topological polar surface area (TPSA) is 120 Å². The van der Waals surface area contributed by atoms with Crippen LogP contribution in [0.5, 0.6) is 5.75 Å². The zero-order valence-corrected chi connectivity index (χ0v) is 30.3. The maximum absolute atomic E-state index is 17.4. The SMILES string of the molecule is COc1cccc(F)c1-c1c(F)cc2c(N3C[C@@H](C)N(C(=O)OC(C)(C)C)C[C@@H]3CCl)c([N+](=O)[O-])c(=O)n(-c3c(C)ccnc3C(C)C)c2c1F. The van der Waals surface area contributed by atoms with Crippen molar-refractivity contribution in [3.63, 3.8) is 0 Å². The number of fused-ring (bicyclic) bond motifs is 1. The van der Waals surface area contributed by atoms with Gasteiger partial charge in [0.2, 0.25) is 0 Å². The van der Waals surface area contributed by atoms with Crippen LogP contribution in [0.3, 0.4) is 0 Å². The van der Waals surface area contributed by atoms with Gasteiger partial charge in [-0.2, -0.15) is 0 Å². The number of ether oxygens (including phenoxy) is 2. The smallest absolute Gasteiger partial charge is 0.410 e. The lowest BCUT2D eigenvalue weighted by Gasteiger charge is -2.45. The van der Waals surface area contributed by atoms with Gasteiger partial charge in [-0.3, -0.25) is 24.5 Å². The number of benzene rings is 2. The molecule has 51 heavy (non-hydrogen) atoms. The monoisotopic (exact) mass is 729 g/mol. The fourth-order valence-corrected chi connectivity index (χ4v) is 6.83. The number of hydrogen-bond acceptors (Lipinski definition) is 8. The Balaban J connectivity index is 1.95. The number of anilines is 1. The normalized spacial score (nSPS) is 16.6. The van der Waals surface area contributed by atoms with Crippen LogP contribution < -0.4 is 15.2 Å². The first kappa shape index (κ1) is 37.4. The third-order valence-corrected chi connectivity index (χ3v) is 9.14. The minimum atomic E-state index is -1.36. The highest BCUT2D eigenvalue weighted by Crippen LogP contribution is 2.45. The van der Waals surface area contributed by atoms with Crippen LogP contribution in [0.2, 0.25) is 0 Å². The van der Waals surface area contributed by atoms with Gasteiger partial charge in [0.1, 0.15) is 28.7 Å². The Morgan fingerprint density at radius 1 is 1.12 bits per heavy atom. The maximum atomic E-state index is 17.4. The third-order valence-electron chi connectivity index (χ3n) is 8.79. The summed E-state index contributed by atoms with van der Waals surface area (Å²) in [7, 11) is 1.21. The van der Waals surface area contributed by atoms with E-state index in [-0.39, 0.29) is 41.7 Å². The Labute approximate surface area is 297 Å². The zero-order valence-electron chi connectivity index (χ0n) is 29.5. The van der Waals surface area contributed by atoms with Crippen molar-refractivity contribution < 1.29 is 32.4 Å². The van der Waals surface area contributed by atoms with E-state index in [1.807, 2.05) is 0 Å². The molecule has 2 aromatic carbocycles. The van der Waals surface area contributed by atoms with E-state index in [9.17, 15) is 19.7 Å². The van der Waals surface area contributed by atoms with Gasteiger partial charge in [0.05, 0.1) is 46.1 Å². The highest BCUT2D eigenvalue weighted by molar-refractivity contribution is 6.18. The number of pyridine rings is 2. The first-order chi connectivity index (χ1) is 23.9. The molecule has 2 atom stereocenters. The molecule has 4 aromatic rings. The molecule has 1 aliphatic heterocycles. The lowest BCUT2D eigenvalue weighted by atomic mass is 9.97. The second-order valence-electron chi connectivity index (χ2n) is 13.8. The molecule has 0 N–H and O–H groups in total. The molecule has 5 rings (SSSR count). The minimum Gasteiger partial charge on any atom is -0.496 e. The first-order valence-electron chi connectivity index (χ1n) is 16.3. The van der Waals surface area contributed by atoms with Gasteiger partial charge in [0.25, 0.3) is 0 Å². The second kappa shape index (κ2) is 14.0. The Kier molecular flexibility index (Phi) is 10.3. The summed E-state index contributed by atoms with van der Waals surface area (Å²) in [6.45, 7) is 11.8. The van der Waals surface area contributed by atoms with Crippen molar-refractivity contribution >= 4 is 40.0 Å². The minimum absolute atomic E-state index is 0.0612.